The molecule has 0 unspecified atom stereocenters. The normalized spacial score (nSPS) is 12.0. The molecule has 0 bridgehead atoms. The maximum Gasteiger partial charge on any atom is 0.300 e. The minimum absolute atomic E-state index is 0.170. The van der Waals surface area contributed by atoms with Crippen LogP contribution >= 0.6 is 0 Å². The Bertz CT molecular complexity index is 669. The van der Waals surface area contributed by atoms with Gasteiger partial charge in [0, 0.05) is 5.56 Å². The van der Waals surface area contributed by atoms with Crippen LogP contribution in [0.15, 0.2) is 33.7 Å². The summed E-state index contributed by atoms with van der Waals surface area (Å²) < 4.78 is 51.4. The first kappa shape index (κ1) is 12.6. The van der Waals surface area contributed by atoms with Gasteiger partial charge in [0.15, 0.2) is 0 Å². The minimum Gasteiger partial charge on any atom is -0.334 e. The van der Waals surface area contributed by atoms with Gasteiger partial charge in [-0.15, -0.1) is 0 Å². The third-order valence-electron chi connectivity index (χ3n) is 2.05. The van der Waals surface area contributed by atoms with Crippen molar-refractivity contribution in [1.29, 1.82) is 0 Å². The molecule has 0 atom stereocenters. The number of hydrogen-bond donors (Lipinski definition) is 1. The molecule has 96 valence electrons. The van der Waals surface area contributed by atoms with Crippen molar-refractivity contribution in [3.63, 3.8) is 0 Å². The van der Waals surface area contributed by atoms with Crippen molar-refractivity contribution in [1.82, 2.24) is 10.1 Å². The average Bonchev–Trinajstić information content (AvgIpc) is 2.77. The summed E-state index contributed by atoms with van der Waals surface area (Å²) in [5.41, 5.74) is 0.195. The Morgan fingerprint density at radius 1 is 1.33 bits per heavy atom. The molecule has 1 aromatic carbocycles. The molecule has 0 radical (unpaired) electrons. The molecule has 1 aromatic heterocycles. The van der Waals surface area contributed by atoms with Gasteiger partial charge in [0.1, 0.15) is 0 Å². The molecular formula is C9H7F2N3O3S. The van der Waals surface area contributed by atoms with E-state index in [1.807, 2.05) is 0 Å². The second-order valence-corrected chi connectivity index (χ2v) is 4.89. The summed E-state index contributed by atoms with van der Waals surface area (Å²) in [6, 6.07) is 5.26. The van der Waals surface area contributed by atoms with E-state index in [1.54, 1.807) is 0 Å². The lowest BCUT2D eigenvalue weighted by molar-refractivity contribution is 0.136. The van der Waals surface area contributed by atoms with Crippen molar-refractivity contribution in [3.05, 3.63) is 30.1 Å². The van der Waals surface area contributed by atoms with Gasteiger partial charge in [-0.25, -0.2) is 22.3 Å². The van der Waals surface area contributed by atoms with Gasteiger partial charge in [-0.2, -0.15) is 4.98 Å². The fraction of sp³-hybridized carbons (Fsp3) is 0.111. The summed E-state index contributed by atoms with van der Waals surface area (Å²) in [4.78, 5) is 3.27. The SMILES string of the molecule is NS(=O)(=O)c1cccc(-c2nc(C(F)F)no2)c1. The Labute approximate surface area is 100 Å². The molecule has 2 rings (SSSR count). The molecule has 1 heterocycles. The smallest absolute Gasteiger partial charge is 0.300 e. The second-order valence-electron chi connectivity index (χ2n) is 3.33. The summed E-state index contributed by atoms with van der Waals surface area (Å²) in [6.45, 7) is 0. The Balaban J connectivity index is 2.45. The molecule has 0 saturated heterocycles. The van der Waals surface area contributed by atoms with Gasteiger partial charge in [0.25, 0.3) is 5.89 Å². The predicted octanol–water partition coefficient (Wildman–Crippen LogP) is 1.32. The average molecular weight is 275 g/mol. The summed E-state index contributed by atoms with van der Waals surface area (Å²) >= 11 is 0. The standard InChI is InChI=1S/C9H7F2N3O3S/c10-7(11)8-13-9(17-14-8)5-2-1-3-6(4-5)18(12,15)16/h1-4,7H,(H2,12,15,16). The number of aromatic nitrogens is 2. The second kappa shape index (κ2) is 4.42. The molecule has 18 heavy (non-hydrogen) atoms. The van der Waals surface area contributed by atoms with E-state index < -0.39 is 22.3 Å². The van der Waals surface area contributed by atoms with Gasteiger partial charge in [-0.1, -0.05) is 11.2 Å². The van der Waals surface area contributed by atoms with Crippen molar-refractivity contribution >= 4 is 10.0 Å². The zero-order chi connectivity index (χ0) is 13.3. The van der Waals surface area contributed by atoms with E-state index in [-0.39, 0.29) is 16.3 Å². The summed E-state index contributed by atoms with van der Waals surface area (Å²) in [5, 5.41) is 8.01. The molecule has 0 aliphatic carbocycles. The minimum atomic E-state index is -3.88. The molecule has 0 spiro atoms. The zero-order valence-corrected chi connectivity index (χ0v) is 9.56. The molecule has 0 amide bonds. The van der Waals surface area contributed by atoms with Crippen LogP contribution in [0, 0.1) is 0 Å². The first-order chi connectivity index (χ1) is 8.38. The van der Waals surface area contributed by atoms with Crippen LogP contribution < -0.4 is 5.14 Å². The van der Waals surface area contributed by atoms with Crippen LogP contribution in [0.2, 0.25) is 0 Å². The van der Waals surface area contributed by atoms with Crippen molar-refractivity contribution in [2.45, 2.75) is 11.3 Å². The summed E-state index contributed by atoms with van der Waals surface area (Å²) in [5.74, 6) is -0.957. The van der Waals surface area contributed by atoms with E-state index >= 15 is 0 Å². The first-order valence-corrected chi connectivity index (χ1v) is 6.17. The molecule has 0 aliphatic rings. The number of benzene rings is 1. The topological polar surface area (TPSA) is 99.1 Å². The third kappa shape index (κ3) is 2.51. The number of hydrogen-bond acceptors (Lipinski definition) is 5. The van der Waals surface area contributed by atoms with E-state index in [1.165, 1.54) is 18.2 Å². The van der Waals surface area contributed by atoms with E-state index in [4.69, 9.17) is 5.14 Å². The van der Waals surface area contributed by atoms with Crippen LogP contribution in [-0.4, -0.2) is 18.6 Å². The van der Waals surface area contributed by atoms with Crippen LogP contribution in [-0.2, 0) is 10.0 Å². The Morgan fingerprint density at radius 2 is 2.06 bits per heavy atom. The third-order valence-corrected chi connectivity index (χ3v) is 2.96. The highest BCUT2D eigenvalue weighted by Gasteiger charge is 2.18. The van der Waals surface area contributed by atoms with Gasteiger partial charge in [0.05, 0.1) is 4.90 Å². The summed E-state index contributed by atoms with van der Waals surface area (Å²) in [7, 11) is -3.88. The van der Waals surface area contributed by atoms with Crippen molar-refractivity contribution in [2.75, 3.05) is 0 Å². The molecule has 0 fully saturated rings. The molecule has 0 saturated carbocycles. The fourth-order valence-corrected chi connectivity index (χ4v) is 1.81. The van der Waals surface area contributed by atoms with Gasteiger partial charge in [0.2, 0.25) is 15.8 Å². The highest BCUT2D eigenvalue weighted by Crippen LogP contribution is 2.23. The number of halogens is 2. The van der Waals surface area contributed by atoms with E-state index in [2.05, 4.69) is 14.7 Å². The van der Waals surface area contributed by atoms with Gasteiger partial charge >= 0.3 is 6.43 Å². The maximum atomic E-state index is 12.3. The molecule has 6 nitrogen and oxygen atoms in total. The monoisotopic (exact) mass is 275 g/mol. The largest absolute Gasteiger partial charge is 0.334 e. The molecular weight excluding hydrogens is 268 g/mol. The lowest BCUT2D eigenvalue weighted by Gasteiger charge is -1.99. The zero-order valence-electron chi connectivity index (χ0n) is 8.75. The Kier molecular flexibility index (Phi) is 3.09. The van der Waals surface area contributed by atoms with Crippen LogP contribution in [0.1, 0.15) is 12.2 Å². The highest BCUT2D eigenvalue weighted by atomic mass is 32.2. The number of nitrogens with zero attached hydrogens (tertiary/aromatic N) is 2. The van der Waals surface area contributed by atoms with Gasteiger partial charge < -0.3 is 4.52 Å². The van der Waals surface area contributed by atoms with Crippen molar-refractivity contribution in [2.24, 2.45) is 5.14 Å². The predicted molar refractivity (Wildman–Crippen MR) is 56.1 cm³/mol. The number of nitrogens with two attached hydrogens (primary N) is 1. The Morgan fingerprint density at radius 3 is 2.61 bits per heavy atom. The molecule has 9 heteroatoms. The number of sulfonamides is 1. The highest BCUT2D eigenvalue weighted by molar-refractivity contribution is 7.89. The number of rotatable bonds is 3. The number of primary sulfonamides is 1. The molecule has 2 N–H and O–H groups in total. The van der Waals surface area contributed by atoms with Crippen molar-refractivity contribution < 1.29 is 21.7 Å². The molecule has 0 aliphatic heterocycles. The fourth-order valence-electron chi connectivity index (χ4n) is 1.25. The quantitative estimate of drug-likeness (QED) is 0.910. The number of alkyl halides is 2. The maximum absolute atomic E-state index is 12.3. The van der Waals surface area contributed by atoms with Crippen LogP contribution in [0.3, 0.4) is 0 Å². The van der Waals surface area contributed by atoms with E-state index in [0.29, 0.717) is 0 Å². The summed E-state index contributed by atoms with van der Waals surface area (Å²) in [6.07, 6.45) is -2.86. The van der Waals surface area contributed by atoms with Crippen LogP contribution in [0.5, 0.6) is 0 Å². The lowest BCUT2D eigenvalue weighted by Crippen LogP contribution is -2.11. The van der Waals surface area contributed by atoms with Crippen molar-refractivity contribution in [3.8, 4) is 11.5 Å². The van der Waals surface area contributed by atoms with Crippen LogP contribution in [0.25, 0.3) is 11.5 Å². The molecule has 2 aromatic rings. The lowest BCUT2D eigenvalue weighted by atomic mass is 10.2. The van der Waals surface area contributed by atoms with E-state index in [9.17, 15) is 17.2 Å². The van der Waals surface area contributed by atoms with Crippen LogP contribution in [0.4, 0.5) is 8.78 Å². The van der Waals surface area contributed by atoms with E-state index in [0.717, 1.165) is 6.07 Å². The first-order valence-electron chi connectivity index (χ1n) is 4.63. The van der Waals surface area contributed by atoms with Gasteiger partial charge in [-0.3, -0.25) is 0 Å². The Hall–Kier alpha value is -1.87. The van der Waals surface area contributed by atoms with Gasteiger partial charge in [-0.05, 0) is 18.2 Å².